The maximum atomic E-state index is 5.16. The van der Waals surface area contributed by atoms with Crippen molar-refractivity contribution in [3.63, 3.8) is 0 Å². The van der Waals surface area contributed by atoms with Gasteiger partial charge in [0.2, 0.25) is 0 Å². The van der Waals surface area contributed by atoms with Gasteiger partial charge in [0.15, 0.2) is 5.96 Å². The van der Waals surface area contributed by atoms with Crippen molar-refractivity contribution in [2.24, 2.45) is 4.99 Å². The van der Waals surface area contributed by atoms with E-state index in [9.17, 15) is 0 Å². The number of nitrogens with zero attached hydrogens (tertiary/aromatic N) is 1. The van der Waals surface area contributed by atoms with E-state index in [0.29, 0.717) is 0 Å². The summed E-state index contributed by atoms with van der Waals surface area (Å²) >= 11 is 0. The summed E-state index contributed by atoms with van der Waals surface area (Å²) in [6, 6.07) is 16.6. The van der Waals surface area contributed by atoms with Crippen LogP contribution in [0.2, 0.25) is 0 Å². The first-order valence-corrected chi connectivity index (χ1v) is 7.84. The minimum absolute atomic E-state index is 0.730. The fourth-order valence-corrected chi connectivity index (χ4v) is 2.34. The molecule has 0 bridgehead atoms. The lowest BCUT2D eigenvalue weighted by Gasteiger charge is -2.12. The van der Waals surface area contributed by atoms with E-state index in [1.54, 1.807) is 14.2 Å². The van der Waals surface area contributed by atoms with Crippen molar-refractivity contribution >= 4 is 5.96 Å². The lowest BCUT2D eigenvalue weighted by atomic mass is 10.1. The first-order valence-electron chi connectivity index (χ1n) is 7.84. The molecule has 0 aliphatic rings. The van der Waals surface area contributed by atoms with Crippen molar-refractivity contribution in [2.45, 2.75) is 19.9 Å². The van der Waals surface area contributed by atoms with Gasteiger partial charge in [0, 0.05) is 20.1 Å². The molecule has 2 aromatic carbocycles. The Morgan fingerprint density at radius 1 is 1.04 bits per heavy atom. The number of guanidine groups is 1. The summed E-state index contributed by atoms with van der Waals surface area (Å²) in [5.74, 6) is 1.68. The zero-order valence-electron chi connectivity index (χ0n) is 14.1. The standard InChI is InChI=1S/C19H25N3O/c1-15-5-4-6-16(13-15)11-12-21-19(20-2)22-14-17-7-9-18(23-3)10-8-17/h4-10,13H,11-12,14H2,1-3H3,(H2,20,21,22). The molecule has 0 aliphatic heterocycles. The minimum Gasteiger partial charge on any atom is -0.497 e. The Bertz CT molecular complexity index is 635. The third-order valence-corrected chi connectivity index (χ3v) is 3.63. The predicted molar refractivity (Wildman–Crippen MR) is 96.1 cm³/mol. The molecule has 0 spiro atoms. The highest BCUT2D eigenvalue weighted by molar-refractivity contribution is 5.79. The second-order valence-corrected chi connectivity index (χ2v) is 5.44. The van der Waals surface area contributed by atoms with E-state index in [1.807, 2.05) is 24.3 Å². The zero-order valence-corrected chi connectivity index (χ0v) is 14.1. The highest BCUT2D eigenvalue weighted by atomic mass is 16.5. The summed E-state index contributed by atoms with van der Waals surface area (Å²) in [5.41, 5.74) is 3.82. The summed E-state index contributed by atoms with van der Waals surface area (Å²) in [6.07, 6.45) is 0.977. The highest BCUT2D eigenvalue weighted by Crippen LogP contribution is 2.10. The first kappa shape index (κ1) is 16.9. The van der Waals surface area contributed by atoms with E-state index >= 15 is 0 Å². The molecule has 0 saturated heterocycles. The molecule has 0 aliphatic carbocycles. The van der Waals surface area contributed by atoms with Crippen LogP contribution in [0.3, 0.4) is 0 Å². The van der Waals surface area contributed by atoms with Crippen molar-refractivity contribution < 1.29 is 4.74 Å². The normalized spacial score (nSPS) is 11.2. The van der Waals surface area contributed by atoms with Crippen molar-refractivity contribution in [1.29, 1.82) is 0 Å². The summed E-state index contributed by atoms with van der Waals surface area (Å²) in [6.45, 7) is 3.70. The summed E-state index contributed by atoms with van der Waals surface area (Å²) < 4.78 is 5.16. The van der Waals surface area contributed by atoms with Crippen molar-refractivity contribution in [3.05, 3.63) is 65.2 Å². The number of benzene rings is 2. The summed E-state index contributed by atoms with van der Waals surface area (Å²) in [5, 5.41) is 6.66. The molecule has 2 N–H and O–H groups in total. The molecule has 23 heavy (non-hydrogen) atoms. The highest BCUT2D eigenvalue weighted by Gasteiger charge is 2.00. The average molecular weight is 311 g/mol. The molecule has 0 fully saturated rings. The van der Waals surface area contributed by atoms with Crippen LogP contribution in [0.4, 0.5) is 0 Å². The number of ether oxygens (including phenoxy) is 1. The number of hydrogen-bond acceptors (Lipinski definition) is 2. The van der Waals surface area contributed by atoms with Crippen LogP contribution in [-0.2, 0) is 13.0 Å². The Labute approximate surface area is 138 Å². The molecular formula is C19H25N3O. The fourth-order valence-electron chi connectivity index (χ4n) is 2.34. The third kappa shape index (κ3) is 5.66. The van der Waals surface area contributed by atoms with Gasteiger partial charge in [0.25, 0.3) is 0 Å². The van der Waals surface area contributed by atoms with Gasteiger partial charge in [0.05, 0.1) is 7.11 Å². The Morgan fingerprint density at radius 3 is 2.48 bits per heavy atom. The Balaban J connectivity index is 1.76. The smallest absolute Gasteiger partial charge is 0.191 e. The fraction of sp³-hybridized carbons (Fsp3) is 0.316. The van der Waals surface area contributed by atoms with Gasteiger partial charge in [-0.2, -0.15) is 0 Å². The van der Waals surface area contributed by atoms with E-state index in [1.165, 1.54) is 16.7 Å². The number of nitrogens with one attached hydrogen (secondary N) is 2. The van der Waals surface area contributed by atoms with Crippen molar-refractivity contribution in [1.82, 2.24) is 10.6 Å². The van der Waals surface area contributed by atoms with Crippen LogP contribution in [0.5, 0.6) is 5.75 Å². The molecule has 0 saturated carbocycles. The summed E-state index contributed by atoms with van der Waals surface area (Å²) in [7, 11) is 3.46. The van der Waals surface area contributed by atoms with Gasteiger partial charge in [-0.1, -0.05) is 42.0 Å². The molecule has 2 rings (SSSR count). The molecular weight excluding hydrogens is 286 g/mol. The third-order valence-electron chi connectivity index (χ3n) is 3.63. The maximum absolute atomic E-state index is 5.16. The van der Waals surface area contributed by atoms with Gasteiger partial charge in [-0.3, -0.25) is 4.99 Å². The molecule has 2 aromatic rings. The predicted octanol–water partition coefficient (Wildman–Crippen LogP) is 2.91. The Kier molecular flexibility index (Phi) is 6.48. The number of aryl methyl sites for hydroxylation is 1. The quantitative estimate of drug-likeness (QED) is 0.637. The van der Waals surface area contributed by atoms with Gasteiger partial charge < -0.3 is 15.4 Å². The second kappa shape index (κ2) is 8.83. The van der Waals surface area contributed by atoms with Crippen molar-refractivity contribution in [3.8, 4) is 5.75 Å². The van der Waals surface area contributed by atoms with Gasteiger partial charge in [-0.15, -0.1) is 0 Å². The average Bonchev–Trinajstić information content (AvgIpc) is 2.58. The summed E-state index contributed by atoms with van der Waals surface area (Å²) in [4.78, 5) is 4.26. The van der Waals surface area contributed by atoms with Crippen LogP contribution in [0, 0.1) is 6.92 Å². The van der Waals surface area contributed by atoms with Crippen molar-refractivity contribution in [2.75, 3.05) is 20.7 Å². The van der Waals surface area contributed by atoms with E-state index in [2.05, 4.69) is 46.8 Å². The lowest BCUT2D eigenvalue weighted by molar-refractivity contribution is 0.414. The van der Waals surface area contributed by atoms with Crippen LogP contribution >= 0.6 is 0 Å². The Morgan fingerprint density at radius 2 is 1.83 bits per heavy atom. The number of methoxy groups -OCH3 is 1. The van der Waals surface area contributed by atoms with Gasteiger partial charge in [-0.25, -0.2) is 0 Å². The molecule has 0 heterocycles. The molecule has 4 nitrogen and oxygen atoms in total. The van der Waals surface area contributed by atoms with Gasteiger partial charge >= 0.3 is 0 Å². The number of aliphatic imine (C=N–C) groups is 1. The molecule has 0 atom stereocenters. The molecule has 0 unspecified atom stereocenters. The number of rotatable bonds is 6. The topological polar surface area (TPSA) is 45.7 Å². The lowest BCUT2D eigenvalue weighted by Crippen LogP contribution is -2.37. The van der Waals surface area contributed by atoms with E-state index in [4.69, 9.17) is 4.74 Å². The van der Waals surface area contributed by atoms with Crippen LogP contribution in [-0.4, -0.2) is 26.7 Å². The minimum atomic E-state index is 0.730. The monoisotopic (exact) mass is 311 g/mol. The molecule has 122 valence electrons. The maximum Gasteiger partial charge on any atom is 0.191 e. The van der Waals surface area contributed by atoms with E-state index in [-0.39, 0.29) is 0 Å². The van der Waals surface area contributed by atoms with E-state index in [0.717, 1.165) is 31.2 Å². The van der Waals surface area contributed by atoms with E-state index < -0.39 is 0 Å². The molecule has 4 heteroatoms. The number of hydrogen-bond donors (Lipinski definition) is 2. The molecule has 0 amide bonds. The van der Waals surface area contributed by atoms with Crippen LogP contribution < -0.4 is 15.4 Å². The SMILES string of the molecule is CN=C(NCCc1cccc(C)c1)NCc1ccc(OC)cc1. The van der Waals surface area contributed by atoms with Crippen LogP contribution in [0.1, 0.15) is 16.7 Å². The van der Waals surface area contributed by atoms with Gasteiger partial charge in [-0.05, 0) is 36.6 Å². The zero-order chi connectivity index (χ0) is 16.5. The first-order chi connectivity index (χ1) is 11.2. The molecule has 0 aromatic heterocycles. The van der Waals surface area contributed by atoms with Crippen LogP contribution in [0.15, 0.2) is 53.5 Å². The largest absolute Gasteiger partial charge is 0.497 e. The second-order valence-electron chi connectivity index (χ2n) is 5.44. The Hall–Kier alpha value is -2.49. The van der Waals surface area contributed by atoms with Gasteiger partial charge in [0.1, 0.15) is 5.75 Å². The molecule has 0 radical (unpaired) electrons. The van der Waals surface area contributed by atoms with Crippen LogP contribution in [0.25, 0.3) is 0 Å².